The fourth-order valence-electron chi connectivity index (χ4n) is 2.06. The summed E-state index contributed by atoms with van der Waals surface area (Å²) in [6.07, 6.45) is 5.87. The average Bonchev–Trinajstić information content (AvgIpc) is 2.49. The predicted molar refractivity (Wildman–Crippen MR) is 80.0 cm³/mol. The van der Waals surface area contributed by atoms with Gasteiger partial charge in [0.25, 0.3) is 0 Å². The average molecular weight is 250 g/mol. The molecule has 0 spiro atoms. The van der Waals surface area contributed by atoms with Crippen LogP contribution in [0.3, 0.4) is 0 Å². The highest BCUT2D eigenvalue weighted by Crippen LogP contribution is 2.26. The number of rotatable bonds is 5. The molecule has 0 radical (unpaired) electrons. The van der Waals surface area contributed by atoms with Crippen molar-refractivity contribution in [2.45, 2.75) is 18.8 Å². The zero-order valence-corrected chi connectivity index (χ0v) is 11.1. The van der Waals surface area contributed by atoms with Crippen LogP contribution in [0.1, 0.15) is 24.5 Å². The molecule has 1 unspecified atom stereocenters. The molecule has 1 heteroatoms. The second-order valence-electron chi connectivity index (χ2n) is 4.92. The van der Waals surface area contributed by atoms with Gasteiger partial charge in [0.05, 0.1) is 5.41 Å². The third-order valence-corrected chi connectivity index (χ3v) is 3.35. The van der Waals surface area contributed by atoms with Gasteiger partial charge in [0, 0.05) is 0 Å². The third-order valence-electron chi connectivity index (χ3n) is 3.35. The van der Waals surface area contributed by atoms with E-state index in [0.717, 1.165) is 17.4 Å². The van der Waals surface area contributed by atoms with E-state index in [2.05, 4.69) is 24.3 Å². The van der Waals surface area contributed by atoms with Gasteiger partial charge >= 0.3 is 0 Å². The first-order valence-electron chi connectivity index (χ1n) is 6.48. The van der Waals surface area contributed by atoms with E-state index in [1.165, 1.54) is 0 Å². The molecule has 1 nitrogen and oxygen atoms in total. The molecule has 2 rings (SSSR count). The molecule has 0 amide bonds. The Bertz CT molecular complexity index is 542. The fourth-order valence-corrected chi connectivity index (χ4v) is 2.06. The summed E-state index contributed by atoms with van der Waals surface area (Å²) in [5.41, 5.74) is 1.76. The zero-order chi connectivity index (χ0) is 13.6. The second-order valence-corrected chi connectivity index (χ2v) is 4.92. The van der Waals surface area contributed by atoms with E-state index in [0.29, 0.717) is 6.42 Å². The molecule has 0 fully saturated rings. The Morgan fingerprint density at radius 2 is 1.53 bits per heavy atom. The molecule has 1 atom stereocenters. The van der Waals surface area contributed by atoms with Gasteiger partial charge in [0.15, 0.2) is 0 Å². The number of allylic oxidation sites excluding steroid dienone is 1. The first-order chi connectivity index (χ1) is 9.24. The van der Waals surface area contributed by atoms with Crippen LogP contribution in [-0.2, 0) is 10.2 Å². The monoisotopic (exact) mass is 250 g/mol. The van der Waals surface area contributed by atoms with Crippen LogP contribution in [0.2, 0.25) is 0 Å². The minimum Gasteiger partial charge on any atom is -0.302 e. The fraction of sp³-hybridized carbons (Fsp3) is 0.167. The highest BCUT2D eigenvalue weighted by Gasteiger charge is 2.23. The zero-order valence-electron chi connectivity index (χ0n) is 11.1. The number of carbonyl (C=O) groups excluding carboxylic acids is 1. The number of carbonyl (C=O) groups is 1. The van der Waals surface area contributed by atoms with Crippen molar-refractivity contribution in [2.75, 3.05) is 0 Å². The van der Waals surface area contributed by atoms with E-state index in [4.69, 9.17) is 0 Å². The first-order valence-corrected chi connectivity index (χ1v) is 6.48. The summed E-state index contributed by atoms with van der Waals surface area (Å²) < 4.78 is 0. The highest BCUT2D eigenvalue weighted by atomic mass is 16.1. The van der Waals surface area contributed by atoms with Crippen molar-refractivity contribution in [3.63, 3.8) is 0 Å². The molecule has 2 aromatic carbocycles. The molecule has 2 aromatic rings. The Kier molecular flexibility index (Phi) is 4.30. The van der Waals surface area contributed by atoms with Crippen LogP contribution < -0.4 is 0 Å². The molecular weight excluding hydrogens is 232 g/mol. The Morgan fingerprint density at radius 1 is 0.947 bits per heavy atom. The van der Waals surface area contributed by atoms with Crippen LogP contribution in [0.4, 0.5) is 0 Å². The maximum absolute atomic E-state index is 11.4. The van der Waals surface area contributed by atoms with Gasteiger partial charge in [-0.3, -0.25) is 0 Å². The Morgan fingerprint density at radius 3 is 2.11 bits per heavy atom. The number of aldehydes is 1. The molecule has 19 heavy (non-hydrogen) atoms. The lowest BCUT2D eigenvalue weighted by Crippen LogP contribution is -2.22. The first kappa shape index (κ1) is 13.3. The van der Waals surface area contributed by atoms with Crippen LogP contribution in [-0.4, -0.2) is 6.29 Å². The SMILES string of the molecule is CC(C=O)(C/C=C\c1ccccc1)c1ccccc1. The van der Waals surface area contributed by atoms with E-state index in [1.807, 2.05) is 55.5 Å². The van der Waals surface area contributed by atoms with Crippen LogP contribution in [0.25, 0.3) is 6.08 Å². The Hall–Kier alpha value is -2.15. The largest absolute Gasteiger partial charge is 0.302 e. The summed E-state index contributed by atoms with van der Waals surface area (Å²) in [7, 11) is 0. The number of benzene rings is 2. The van der Waals surface area contributed by atoms with Crippen LogP contribution in [0.5, 0.6) is 0 Å². The predicted octanol–water partition coefficient (Wildman–Crippen LogP) is 4.25. The third kappa shape index (κ3) is 3.41. The summed E-state index contributed by atoms with van der Waals surface area (Å²) in [6, 6.07) is 20.0. The maximum atomic E-state index is 11.4. The van der Waals surface area contributed by atoms with Gasteiger partial charge in [-0.05, 0) is 24.5 Å². The van der Waals surface area contributed by atoms with Crippen LogP contribution in [0, 0.1) is 0 Å². The molecule has 0 saturated heterocycles. The Labute approximate surface area is 114 Å². The van der Waals surface area contributed by atoms with E-state index >= 15 is 0 Å². The topological polar surface area (TPSA) is 17.1 Å². The smallest absolute Gasteiger partial charge is 0.130 e. The van der Waals surface area contributed by atoms with Gasteiger partial charge in [-0.25, -0.2) is 0 Å². The lowest BCUT2D eigenvalue weighted by atomic mass is 9.81. The number of hydrogen-bond donors (Lipinski definition) is 0. The van der Waals surface area contributed by atoms with Gasteiger partial charge in [-0.15, -0.1) is 0 Å². The van der Waals surface area contributed by atoms with Crippen molar-refractivity contribution in [2.24, 2.45) is 0 Å². The van der Waals surface area contributed by atoms with Crippen molar-refractivity contribution in [3.8, 4) is 0 Å². The summed E-state index contributed by atoms with van der Waals surface area (Å²) >= 11 is 0. The van der Waals surface area contributed by atoms with E-state index in [1.54, 1.807) is 0 Å². The molecule has 0 N–H and O–H groups in total. The lowest BCUT2D eigenvalue weighted by Gasteiger charge is -2.21. The molecule has 0 aliphatic carbocycles. The molecule has 0 bridgehead atoms. The normalized spacial score (nSPS) is 14.2. The van der Waals surface area contributed by atoms with Crippen molar-refractivity contribution in [1.82, 2.24) is 0 Å². The summed E-state index contributed by atoms with van der Waals surface area (Å²) in [5.74, 6) is 0. The van der Waals surface area contributed by atoms with Crippen molar-refractivity contribution in [3.05, 3.63) is 77.9 Å². The van der Waals surface area contributed by atoms with Gasteiger partial charge in [0.2, 0.25) is 0 Å². The van der Waals surface area contributed by atoms with Gasteiger partial charge in [-0.1, -0.05) is 72.8 Å². The molecule has 0 aliphatic heterocycles. The lowest BCUT2D eigenvalue weighted by molar-refractivity contribution is -0.112. The quantitative estimate of drug-likeness (QED) is 0.725. The van der Waals surface area contributed by atoms with Gasteiger partial charge < -0.3 is 4.79 Å². The summed E-state index contributed by atoms with van der Waals surface area (Å²) in [4.78, 5) is 11.4. The molecular formula is C18H18O. The maximum Gasteiger partial charge on any atom is 0.130 e. The van der Waals surface area contributed by atoms with Crippen LogP contribution in [0.15, 0.2) is 66.7 Å². The molecule has 0 heterocycles. The molecule has 0 aromatic heterocycles. The van der Waals surface area contributed by atoms with E-state index in [-0.39, 0.29) is 0 Å². The highest BCUT2D eigenvalue weighted by molar-refractivity contribution is 5.68. The van der Waals surface area contributed by atoms with Crippen molar-refractivity contribution in [1.29, 1.82) is 0 Å². The number of hydrogen-bond acceptors (Lipinski definition) is 1. The van der Waals surface area contributed by atoms with E-state index < -0.39 is 5.41 Å². The Balaban J connectivity index is 2.12. The van der Waals surface area contributed by atoms with Gasteiger partial charge in [0.1, 0.15) is 6.29 Å². The standard InChI is InChI=1S/C18H18O/c1-18(15-19,17-12-6-3-7-13-17)14-8-11-16-9-4-2-5-10-16/h2-13,15H,14H2,1H3/b11-8-. The van der Waals surface area contributed by atoms with Crippen molar-refractivity contribution < 1.29 is 4.79 Å². The summed E-state index contributed by atoms with van der Waals surface area (Å²) in [6.45, 7) is 1.98. The van der Waals surface area contributed by atoms with Crippen molar-refractivity contribution >= 4 is 12.4 Å². The molecule has 0 saturated carbocycles. The minimum absolute atomic E-state index is 0.452. The molecule has 96 valence electrons. The summed E-state index contributed by atoms with van der Waals surface area (Å²) in [5, 5.41) is 0. The second kappa shape index (κ2) is 6.14. The van der Waals surface area contributed by atoms with Crippen LogP contribution >= 0.6 is 0 Å². The molecule has 0 aliphatic rings. The van der Waals surface area contributed by atoms with Gasteiger partial charge in [-0.2, -0.15) is 0 Å². The van der Waals surface area contributed by atoms with E-state index in [9.17, 15) is 4.79 Å². The minimum atomic E-state index is -0.452.